The van der Waals surface area contributed by atoms with Crippen LogP contribution in [0.15, 0.2) is 23.0 Å². The topological polar surface area (TPSA) is 199 Å². The number of carbonyl (C=O) groups is 4. The molecule has 0 saturated heterocycles. The van der Waals surface area contributed by atoms with Gasteiger partial charge in [0, 0.05) is 29.1 Å². The monoisotopic (exact) mass is 635 g/mol. The average molecular weight is 636 g/mol. The van der Waals surface area contributed by atoms with Gasteiger partial charge in [0.25, 0.3) is 5.56 Å². The summed E-state index contributed by atoms with van der Waals surface area (Å²) in [7, 11) is 0. The molecule has 2 aromatic heterocycles. The summed E-state index contributed by atoms with van der Waals surface area (Å²) in [6.07, 6.45) is -0.726. The van der Waals surface area contributed by atoms with Gasteiger partial charge in [0.15, 0.2) is 11.5 Å². The van der Waals surface area contributed by atoms with Gasteiger partial charge >= 0.3 is 18.0 Å². The molecular weight excluding hydrogens is 602 g/mol. The lowest BCUT2D eigenvalue weighted by Crippen LogP contribution is -2.48. The van der Waals surface area contributed by atoms with Crippen LogP contribution < -0.4 is 31.4 Å². The maximum absolute atomic E-state index is 13.9. The zero-order chi connectivity index (χ0) is 33.0. The number of benzene rings is 1. The van der Waals surface area contributed by atoms with Gasteiger partial charge in [-0.25, -0.2) is 14.6 Å². The predicted molar refractivity (Wildman–Crippen MR) is 160 cm³/mol. The number of alkyl carbamates (subject to hydrolysis) is 1. The van der Waals surface area contributed by atoms with E-state index in [0.29, 0.717) is 44.9 Å². The lowest BCUT2D eigenvalue weighted by atomic mass is 9.85. The van der Waals surface area contributed by atoms with Crippen LogP contribution in [0.1, 0.15) is 56.4 Å². The SMILES string of the molecule is CC[C@@]1(OC(=O)CN)C(=O)OCc2c1cc1n(c2=O)Cc2c-1nc1cc3c(cc1c2CNC(=O)CNC(=O)OC(C)(C)C)OCO3. The summed E-state index contributed by atoms with van der Waals surface area (Å²) in [6.45, 7) is 5.86. The normalized spacial score (nSPS) is 17.5. The molecule has 5 heterocycles. The molecule has 6 rings (SSSR count). The van der Waals surface area contributed by atoms with Gasteiger partial charge in [0.1, 0.15) is 18.8 Å². The number of rotatable bonds is 7. The van der Waals surface area contributed by atoms with E-state index in [1.54, 1.807) is 45.9 Å². The quantitative estimate of drug-likeness (QED) is 0.195. The fraction of sp³-hybridized carbons (Fsp3) is 0.419. The first-order valence-electron chi connectivity index (χ1n) is 14.7. The summed E-state index contributed by atoms with van der Waals surface area (Å²) in [5.74, 6) is -1.11. The Labute approximate surface area is 262 Å². The first-order valence-corrected chi connectivity index (χ1v) is 14.7. The molecule has 4 N–H and O–H groups in total. The number of esters is 2. The smallest absolute Gasteiger partial charge is 0.408 e. The number of nitrogens with one attached hydrogen (secondary N) is 2. The van der Waals surface area contributed by atoms with E-state index < -0.39 is 47.2 Å². The Morgan fingerprint density at radius 1 is 1.07 bits per heavy atom. The Hall–Kier alpha value is -5.18. The van der Waals surface area contributed by atoms with E-state index in [1.165, 1.54) is 4.57 Å². The zero-order valence-electron chi connectivity index (χ0n) is 25.7. The molecule has 1 aromatic carbocycles. The summed E-state index contributed by atoms with van der Waals surface area (Å²) in [4.78, 5) is 69.1. The Kier molecular flexibility index (Phi) is 7.58. The largest absolute Gasteiger partial charge is 0.457 e. The third-order valence-electron chi connectivity index (χ3n) is 7.98. The first-order chi connectivity index (χ1) is 21.8. The number of pyridine rings is 2. The van der Waals surface area contributed by atoms with Crippen molar-refractivity contribution in [3.8, 4) is 22.9 Å². The predicted octanol–water partition coefficient (Wildman–Crippen LogP) is 1.46. The molecule has 0 fully saturated rings. The van der Waals surface area contributed by atoms with Crippen LogP contribution in [0.2, 0.25) is 0 Å². The fourth-order valence-electron chi connectivity index (χ4n) is 5.86. The number of nitrogens with zero attached hydrogens (tertiary/aromatic N) is 2. The molecule has 15 heteroatoms. The number of aromatic nitrogens is 2. The molecule has 0 saturated carbocycles. The molecule has 0 radical (unpaired) electrons. The Balaban J connectivity index is 1.42. The minimum Gasteiger partial charge on any atom is -0.457 e. The molecular formula is C31H33N5O10. The number of amides is 2. The highest BCUT2D eigenvalue weighted by Crippen LogP contribution is 2.44. The van der Waals surface area contributed by atoms with Crippen molar-refractivity contribution in [2.45, 2.75) is 65.0 Å². The van der Waals surface area contributed by atoms with Crippen LogP contribution in [0.4, 0.5) is 4.79 Å². The lowest BCUT2D eigenvalue weighted by molar-refractivity contribution is -0.188. The fourth-order valence-corrected chi connectivity index (χ4v) is 5.86. The van der Waals surface area contributed by atoms with Crippen LogP contribution in [0, 0.1) is 0 Å². The maximum atomic E-state index is 13.9. The molecule has 15 nitrogen and oxygen atoms in total. The van der Waals surface area contributed by atoms with Crippen molar-refractivity contribution < 1.29 is 42.9 Å². The van der Waals surface area contributed by atoms with E-state index in [1.807, 2.05) is 0 Å². The molecule has 3 aliphatic rings. The molecule has 242 valence electrons. The lowest BCUT2D eigenvalue weighted by Gasteiger charge is -2.35. The molecule has 0 spiro atoms. The third-order valence-corrected chi connectivity index (χ3v) is 7.98. The number of fused-ring (bicyclic) bond motifs is 6. The summed E-state index contributed by atoms with van der Waals surface area (Å²) >= 11 is 0. The molecule has 3 aliphatic heterocycles. The first kappa shape index (κ1) is 30.8. The van der Waals surface area contributed by atoms with Gasteiger partial charge in [-0.05, 0) is 44.9 Å². The van der Waals surface area contributed by atoms with Gasteiger partial charge in [-0.1, -0.05) is 6.92 Å². The van der Waals surface area contributed by atoms with Crippen molar-refractivity contribution in [3.63, 3.8) is 0 Å². The van der Waals surface area contributed by atoms with E-state index >= 15 is 0 Å². The number of carbonyl (C=O) groups excluding carboxylic acids is 4. The molecule has 1 atom stereocenters. The van der Waals surface area contributed by atoms with Gasteiger partial charge in [-0.3, -0.25) is 14.4 Å². The summed E-state index contributed by atoms with van der Waals surface area (Å²) in [6, 6.07) is 5.11. The van der Waals surface area contributed by atoms with Crippen LogP contribution in [0.5, 0.6) is 11.5 Å². The zero-order valence-corrected chi connectivity index (χ0v) is 25.7. The standard InChI is InChI=1S/C31H33N5O10/c1-5-31(45-25(38)9-32)19-7-21-26-17(12-36(21)27(39)18(19)13-42-28(31)40)16(10-33-24(37)11-34-29(41)46-30(2,3)4)15-6-22-23(44-14-43-22)8-20(15)35-26/h6-8H,5,9-14,32H2,1-4H3,(H,33,37)(H,34,41)/t31-/m0/s1. The van der Waals surface area contributed by atoms with Crippen LogP contribution in [0.25, 0.3) is 22.3 Å². The van der Waals surface area contributed by atoms with Crippen molar-refractivity contribution in [2.75, 3.05) is 19.9 Å². The number of hydrogen-bond acceptors (Lipinski definition) is 12. The molecule has 46 heavy (non-hydrogen) atoms. The van der Waals surface area contributed by atoms with E-state index in [9.17, 15) is 24.0 Å². The number of nitrogens with two attached hydrogens (primary N) is 1. The van der Waals surface area contributed by atoms with E-state index in [4.69, 9.17) is 34.4 Å². The van der Waals surface area contributed by atoms with Crippen molar-refractivity contribution in [3.05, 3.63) is 50.8 Å². The summed E-state index contributed by atoms with van der Waals surface area (Å²) in [5.41, 5.74) is 5.52. The second-order valence-corrected chi connectivity index (χ2v) is 12.0. The number of cyclic esters (lactones) is 1. The Morgan fingerprint density at radius 2 is 1.80 bits per heavy atom. The van der Waals surface area contributed by atoms with Crippen LogP contribution in [-0.4, -0.2) is 59.0 Å². The van der Waals surface area contributed by atoms with Crippen molar-refractivity contribution in [2.24, 2.45) is 5.73 Å². The summed E-state index contributed by atoms with van der Waals surface area (Å²) in [5, 5.41) is 5.92. The van der Waals surface area contributed by atoms with Crippen molar-refractivity contribution >= 4 is 34.8 Å². The molecule has 2 amide bonds. The molecule has 3 aromatic rings. The van der Waals surface area contributed by atoms with Crippen LogP contribution in [-0.2, 0) is 53.9 Å². The summed E-state index contributed by atoms with van der Waals surface area (Å²) < 4.78 is 28.8. The molecule has 0 unspecified atom stereocenters. The Morgan fingerprint density at radius 3 is 2.50 bits per heavy atom. The van der Waals surface area contributed by atoms with Gasteiger partial charge in [0.2, 0.25) is 18.3 Å². The Bertz CT molecular complexity index is 1880. The minimum atomic E-state index is -1.86. The highest BCUT2D eigenvalue weighted by atomic mass is 16.7. The van der Waals surface area contributed by atoms with Gasteiger partial charge in [0.05, 0.1) is 35.6 Å². The number of ether oxygens (including phenoxy) is 5. The second kappa shape index (κ2) is 11.3. The second-order valence-electron chi connectivity index (χ2n) is 12.0. The highest BCUT2D eigenvalue weighted by molar-refractivity contribution is 5.92. The minimum absolute atomic E-state index is 0.00353. The number of hydrogen-bond donors (Lipinski definition) is 3. The third kappa shape index (κ3) is 5.25. The average Bonchev–Trinajstić information content (AvgIpc) is 3.62. The van der Waals surface area contributed by atoms with Gasteiger partial charge in [-0.15, -0.1) is 0 Å². The highest BCUT2D eigenvalue weighted by Gasteiger charge is 2.50. The van der Waals surface area contributed by atoms with Crippen molar-refractivity contribution in [1.82, 2.24) is 20.2 Å². The van der Waals surface area contributed by atoms with Crippen molar-refractivity contribution in [1.29, 1.82) is 0 Å². The van der Waals surface area contributed by atoms with Crippen LogP contribution in [0.3, 0.4) is 0 Å². The molecule has 0 bridgehead atoms. The van der Waals surface area contributed by atoms with E-state index in [0.717, 1.165) is 0 Å². The van der Waals surface area contributed by atoms with E-state index in [-0.39, 0.29) is 50.6 Å². The van der Waals surface area contributed by atoms with Crippen LogP contribution >= 0.6 is 0 Å². The maximum Gasteiger partial charge on any atom is 0.408 e. The molecule has 0 aliphatic carbocycles. The van der Waals surface area contributed by atoms with Gasteiger partial charge in [-0.2, -0.15) is 0 Å². The van der Waals surface area contributed by atoms with E-state index in [2.05, 4.69) is 10.6 Å². The van der Waals surface area contributed by atoms with Gasteiger partial charge < -0.3 is 44.6 Å².